The van der Waals surface area contributed by atoms with E-state index in [-0.39, 0.29) is 35.4 Å². The molecule has 0 atom stereocenters. The van der Waals surface area contributed by atoms with Crippen LogP contribution in [0.15, 0.2) is 217 Å². The van der Waals surface area contributed by atoms with Gasteiger partial charge in [-0.05, 0) is 103 Å². The molecule has 0 aliphatic heterocycles. The van der Waals surface area contributed by atoms with Crippen molar-refractivity contribution in [1.29, 1.82) is 0 Å². The number of para-hydroxylation sites is 2. The normalized spacial score (nSPS) is 12.6. The Morgan fingerprint density at radius 1 is 0.357 bits per heavy atom. The molecule has 0 aliphatic carbocycles. The number of furan rings is 1. The lowest BCUT2D eigenvalue weighted by atomic mass is 9.95. The number of benzene rings is 10. The summed E-state index contributed by atoms with van der Waals surface area (Å²) in [5.74, 6) is 0. The van der Waals surface area contributed by atoms with E-state index in [9.17, 15) is 5.48 Å². The van der Waals surface area contributed by atoms with E-state index in [0.717, 1.165) is 82.2 Å². The van der Waals surface area contributed by atoms with Crippen LogP contribution in [0.2, 0.25) is 0 Å². The number of anilines is 3. The predicted molar refractivity (Wildman–Crippen MR) is 237 cm³/mol. The summed E-state index contributed by atoms with van der Waals surface area (Å²) in [5, 5.41) is 8.44. The molecule has 11 aromatic rings. The van der Waals surface area contributed by atoms with Gasteiger partial charge < -0.3 is 9.32 Å². The molecule has 0 saturated carbocycles. The van der Waals surface area contributed by atoms with Crippen LogP contribution in [-0.4, -0.2) is 0 Å². The van der Waals surface area contributed by atoms with Gasteiger partial charge in [-0.1, -0.05) is 164 Å². The third kappa shape index (κ3) is 5.34. The van der Waals surface area contributed by atoms with E-state index in [1.807, 2.05) is 132 Å². The maximum Gasteiger partial charge on any atom is 0.136 e. The van der Waals surface area contributed by atoms with Crippen molar-refractivity contribution in [1.82, 2.24) is 0 Å². The van der Waals surface area contributed by atoms with Crippen molar-refractivity contribution < 1.29 is 9.90 Å². The lowest BCUT2D eigenvalue weighted by molar-refractivity contribution is 0.669. The lowest BCUT2D eigenvalue weighted by Gasteiger charge is -2.30. The van der Waals surface area contributed by atoms with E-state index in [0.29, 0.717) is 11.3 Å². The average molecular weight is 718 g/mol. The third-order valence-corrected chi connectivity index (χ3v) is 10.9. The molecule has 0 unspecified atom stereocenters. The Bertz CT molecular complexity index is 3470. The Labute approximate surface area is 330 Å². The fraction of sp³-hybridized carbons (Fsp3) is 0. The molecule has 0 radical (unpaired) electrons. The Morgan fingerprint density at radius 2 is 0.982 bits per heavy atom. The Hall–Kier alpha value is -7.42. The summed E-state index contributed by atoms with van der Waals surface area (Å²) in [6.07, 6.45) is 0. The first-order valence-corrected chi connectivity index (χ1v) is 18.8. The fourth-order valence-electron chi connectivity index (χ4n) is 8.26. The van der Waals surface area contributed by atoms with Gasteiger partial charge >= 0.3 is 0 Å². The van der Waals surface area contributed by atoms with Gasteiger partial charge in [0.2, 0.25) is 0 Å². The summed E-state index contributed by atoms with van der Waals surface area (Å²) < 4.78 is 45.4. The van der Waals surface area contributed by atoms with Gasteiger partial charge in [-0.25, -0.2) is 0 Å². The van der Waals surface area contributed by atoms with E-state index in [2.05, 4.69) is 60.7 Å². The summed E-state index contributed by atoms with van der Waals surface area (Å²) in [7, 11) is 0. The highest BCUT2D eigenvalue weighted by Gasteiger charge is 2.22. The molecule has 11 rings (SSSR count). The molecule has 2 heteroatoms. The van der Waals surface area contributed by atoms with Gasteiger partial charge in [-0.15, -0.1) is 0 Å². The van der Waals surface area contributed by atoms with Gasteiger partial charge in [0.1, 0.15) is 11.2 Å². The Morgan fingerprint density at radius 3 is 1.80 bits per heavy atom. The average Bonchev–Trinajstić information content (AvgIpc) is 3.67. The first-order chi connectivity index (χ1) is 29.4. The maximum atomic E-state index is 9.82. The highest BCUT2D eigenvalue weighted by molar-refractivity contribution is 6.17. The largest absolute Gasteiger partial charge is 0.456 e. The maximum absolute atomic E-state index is 9.82. The number of rotatable bonds is 6. The molecule has 1 heterocycles. The van der Waals surface area contributed by atoms with E-state index >= 15 is 0 Å². The Kier molecular flexibility index (Phi) is 6.60. The van der Waals surface area contributed by atoms with E-state index in [4.69, 9.17) is 4.42 Å². The highest BCUT2D eigenvalue weighted by atomic mass is 16.3. The summed E-state index contributed by atoms with van der Waals surface area (Å²) >= 11 is 0. The van der Waals surface area contributed by atoms with Crippen LogP contribution in [0.4, 0.5) is 17.1 Å². The number of hydrogen-bond donors (Lipinski definition) is 0. The smallest absolute Gasteiger partial charge is 0.136 e. The van der Waals surface area contributed by atoms with Crippen molar-refractivity contribution >= 4 is 71.3 Å². The van der Waals surface area contributed by atoms with Crippen molar-refractivity contribution in [2.45, 2.75) is 0 Å². The SMILES string of the molecule is [2H]c1c([2H])c(N(c2ccccc2-c2ccccc2)c2ccccc2-c2cccc3oc4cc5ccccc5cc4c23)c([2H])c([2H])c1-c1ccc2c(ccc3ccccc32)c1. The van der Waals surface area contributed by atoms with E-state index in [1.54, 1.807) is 0 Å². The Balaban J connectivity index is 1.17. The highest BCUT2D eigenvalue weighted by Crippen LogP contribution is 2.47. The number of fused-ring (bicyclic) bond motifs is 7. The minimum atomic E-state index is -0.138. The minimum absolute atomic E-state index is 0.111. The third-order valence-electron chi connectivity index (χ3n) is 10.9. The second-order valence-electron chi connectivity index (χ2n) is 14.2. The summed E-state index contributed by atoms with van der Waals surface area (Å²) in [6, 6.07) is 62.5. The second kappa shape index (κ2) is 13.2. The molecule has 0 fully saturated rings. The van der Waals surface area contributed by atoms with Gasteiger partial charge in [0.05, 0.1) is 16.9 Å². The van der Waals surface area contributed by atoms with Crippen LogP contribution in [0.25, 0.3) is 87.6 Å². The molecule has 0 spiro atoms. The topological polar surface area (TPSA) is 16.4 Å². The van der Waals surface area contributed by atoms with Crippen molar-refractivity contribution in [2.24, 2.45) is 0 Å². The standard InChI is InChI=1S/C54H35NO/c1-2-13-37(14-3-1)46-19-8-10-22-50(46)55(43-30-27-36(28-31-43)41-29-32-45-42(33-41)26-25-38-15-6-7-18-44(38)45)51-23-11-9-20-47(51)48-21-12-24-52-54(48)49-34-39-16-4-5-17-40(39)35-53(49)56-52/h1-35H/i27D,28D,30D,31D. The van der Waals surface area contributed by atoms with Crippen molar-refractivity contribution in [3.8, 4) is 33.4 Å². The predicted octanol–water partition coefficient (Wildman–Crippen LogP) is 15.5. The van der Waals surface area contributed by atoms with Crippen LogP contribution >= 0.6 is 0 Å². The first kappa shape index (κ1) is 28.1. The molecule has 0 N–H and O–H groups in total. The van der Waals surface area contributed by atoms with Crippen LogP contribution in [-0.2, 0) is 0 Å². The molecule has 0 aliphatic rings. The summed E-state index contributed by atoms with van der Waals surface area (Å²) in [6.45, 7) is 0. The zero-order valence-corrected chi connectivity index (χ0v) is 30.3. The van der Waals surface area contributed by atoms with Crippen molar-refractivity contribution in [2.75, 3.05) is 4.90 Å². The number of nitrogens with zero attached hydrogens (tertiary/aromatic N) is 1. The monoisotopic (exact) mass is 717 g/mol. The summed E-state index contributed by atoms with van der Waals surface area (Å²) in [4.78, 5) is 1.92. The van der Waals surface area contributed by atoms with Crippen LogP contribution in [0.5, 0.6) is 0 Å². The van der Waals surface area contributed by atoms with Crippen LogP contribution in [0.1, 0.15) is 5.48 Å². The van der Waals surface area contributed by atoms with Crippen LogP contribution in [0, 0.1) is 0 Å². The van der Waals surface area contributed by atoms with Gasteiger partial charge in [0, 0.05) is 27.6 Å². The van der Waals surface area contributed by atoms with Gasteiger partial charge in [-0.2, -0.15) is 0 Å². The molecular formula is C54H35NO. The molecule has 1 aromatic heterocycles. The molecule has 262 valence electrons. The van der Waals surface area contributed by atoms with E-state index in [1.165, 1.54) is 0 Å². The molecule has 56 heavy (non-hydrogen) atoms. The molecule has 0 saturated heterocycles. The lowest BCUT2D eigenvalue weighted by Crippen LogP contribution is -2.12. The zero-order valence-electron chi connectivity index (χ0n) is 34.3. The molecule has 2 nitrogen and oxygen atoms in total. The summed E-state index contributed by atoms with van der Waals surface area (Å²) in [5.41, 5.74) is 7.63. The second-order valence-corrected chi connectivity index (χ2v) is 14.2. The molecule has 0 amide bonds. The first-order valence-electron chi connectivity index (χ1n) is 20.8. The molecular weight excluding hydrogens is 679 g/mol. The molecule has 0 bridgehead atoms. The minimum Gasteiger partial charge on any atom is -0.456 e. The van der Waals surface area contributed by atoms with Crippen molar-refractivity contribution in [3.63, 3.8) is 0 Å². The molecule has 10 aromatic carbocycles. The van der Waals surface area contributed by atoms with Crippen LogP contribution < -0.4 is 4.90 Å². The van der Waals surface area contributed by atoms with Crippen LogP contribution in [0.3, 0.4) is 0 Å². The van der Waals surface area contributed by atoms with Gasteiger partial charge in [-0.3, -0.25) is 0 Å². The van der Waals surface area contributed by atoms with Gasteiger partial charge in [0.25, 0.3) is 0 Å². The zero-order chi connectivity index (χ0) is 40.5. The van der Waals surface area contributed by atoms with Gasteiger partial charge in [0.15, 0.2) is 0 Å². The van der Waals surface area contributed by atoms with E-state index < -0.39 is 0 Å². The number of hydrogen-bond acceptors (Lipinski definition) is 2. The fourth-order valence-corrected chi connectivity index (χ4v) is 8.26. The quantitative estimate of drug-likeness (QED) is 0.159. The van der Waals surface area contributed by atoms with Crippen molar-refractivity contribution in [3.05, 3.63) is 212 Å².